The summed E-state index contributed by atoms with van der Waals surface area (Å²) in [5.74, 6) is 0. The van der Waals surface area contributed by atoms with Gasteiger partial charge >= 0.3 is 0 Å². The summed E-state index contributed by atoms with van der Waals surface area (Å²) in [5.41, 5.74) is 6.73. The molecule has 2 rings (SSSR count). The van der Waals surface area contributed by atoms with Crippen LogP contribution in [0.1, 0.15) is 51.3 Å². The first-order valence-corrected chi connectivity index (χ1v) is 8.16. The number of rotatable bonds is 3. The van der Waals surface area contributed by atoms with Crippen LogP contribution in [0.3, 0.4) is 0 Å². The predicted molar refractivity (Wildman–Crippen MR) is 98.3 cm³/mol. The van der Waals surface area contributed by atoms with Gasteiger partial charge < -0.3 is 4.90 Å². The summed E-state index contributed by atoms with van der Waals surface area (Å²) in [4.78, 5) is 2.41. The zero-order chi connectivity index (χ0) is 16.5. The van der Waals surface area contributed by atoms with E-state index < -0.39 is 0 Å². The highest BCUT2D eigenvalue weighted by atomic mass is 15.2. The molecule has 0 atom stereocenters. The molecule has 0 aliphatic heterocycles. The van der Waals surface area contributed by atoms with Gasteiger partial charge in [0.25, 0.3) is 0 Å². The molecule has 1 heteroatoms. The second-order valence-electron chi connectivity index (χ2n) is 7.61. The largest absolute Gasteiger partial charge is 0.339 e. The SMILES string of the molecule is Cc1cc(C)cc(N(c2ccc(C(C)(C)C)cc2)C(C)C)c1. The average molecular weight is 295 g/mol. The molecule has 0 aliphatic rings. The Morgan fingerprint density at radius 3 is 1.68 bits per heavy atom. The smallest absolute Gasteiger partial charge is 0.0418 e. The van der Waals surface area contributed by atoms with Gasteiger partial charge in [0.1, 0.15) is 0 Å². The quantitative estimate of drug-likeness (QED) is 0.656. The molecule has 0 N–H and O–H groups in total. The molecule has 2 aromatic rings. The van der Waals surface area contributed by atoms with Crippen molar-refractivity contribution in [3.05, 3.63) is 59.2 Å². The van der Waals surface area contributed by atoms with E-state index in [1.165, 1.54) is 28.1 Å². The van der Waals surface area contributed by atoms with Crippen LogP contribution in [-0.2, 0) is 5.41 Å². The molecule has 0 fully saturated rings. The molecule has 0 radical (unpaired) electrons. The van der Waals surface area contributed by atoms with Gasteiger partial charge in [-0.2, -0.15) is 0 Å². The van der Waals surface area contributed by atoms with E-state index in [-0.39, 0.29) is 5.41 Å². The first kappa shape index (κ1) is 16.6. The lowest BCUT2D eigenvalue weighted by Gasteiger charge is -2.30. The maximum atomic E-state index is 2.41. The Hall–Kier alpha value is -1.76. The fraction of sp³-hybridized carbons (Fsp3) is 0.429. The molecule has 0 amide bonds. The normalized spacial score (nSPS) is 11.8. The number of benzene rings is 2. The van der Waals surface area contributed by atoms with E-state index in [1.54, 1.807) is 0 Å². The second kappa shape index (κ2) is 6.16. The van der Waals surface area contributed by atoms with Gasteiger partial charge in [0, 0.05) is 17.4 Å². The number of anilines is 2. The molecule has 1 nitrogen and oxygen atoms in total. The lowest BCUT2D eigenvalue weighted by Crippen LogP contribution is -2.25. The van der Waals surface area contributed by atoms with Crippen LogP contribution in [0.15, 0.2) is 42.5 Å². The third-order valence-corrected chi connectivity index (χ3v) is 4.01. The van der Waals surface area contributed by atoms with E-state index in [9.17, 15) is 0 Å². The van der Waals surface area contributed by atoms with Crippen LogP contribution >= 0.6 is 0 Å². The lowest BCUT2D eigenvalue weighted by atomic mass is 9.87. The molecule has 2 aromatic carbocycles. The van der Waals surface area contributed by atoms with Crippen molar-refractivity contribution in [2.24, 2.45) is 0 Å². The van der Waals surface area contributed by atoms with E-state index in [0.29, 0.717) is 6.04 Å². The maximum absolute atomic E-state index is 2.41. The van der Waals surface area contributed by atoms with Crippen molar-refractivity contribution >= 4 is 11.4 Å². The van der Waals surface area contributed by atoms with Gasteiger partial charge in [-0.25, -0.2) is 0 Å². The van der Waals surface area contributed by atoms with Gasteiger partial charge in [-0.05, 0) is 74.1 Å². The zero-order valence-corrected chi connectivity index (χ0v) is 15.1. The summed E-state index contributed by atoms with van der Waals surface area (Å²) in [6.07, 6.45) is 0. The van der Waals surface area contributed by atoms with Gasteiger partial charge in [0.2, 0.25) is 0 Å². The van der Waals surface area contributed by atoms with Crippen molar-refractivity contribution < 1.29 is 0 Å². The minimum atomic E-state index is 0.196. The Labute approximate surface area is 136 Å². The van der Waals surface area contributed by atoms with Crippen LogP contribution in [0, 0.1) is 13.8 Å². The molecule has 118 valence electrons. The summed E-state index contributed by atoms with van der Waals surface area (Å²) in [6, 6.07) is 16.2. The van der Waals surface area contributed by atoms with E-state index in [2.05, 4.69) is 95.8 Å². The third kappa shape index (κ3) is 3.71. The Bertz CT molecular complexity index is 610. The zero-order valence-electron chi connectivity index (χ0n) is 15.1. The highest BCUT2D eigenvalue weighted by Gasteiger charge is 2.17. The van der Waals surface area contributed by atoms with E-state index >= 15 is 0 Å². The Morgan fingerprint density at radius 1 is 0.773 bits per heavy atom. The molecular weight excluding hydrogens is 266 g/mol. The monoisotopic (exact) mass is 295 g/mol. The van der Waals surface area contributed by atoms with Crippen LogP contribution in [0.25, 0.3) is 0 Å². The fourth-order valence-corrected chi connectivity index (χ4v) is 2.96. The van der Waals surface area contributed by atoms with Crippen LogP contribution in [0.4, 0.5) is 11.4 Å². The summed E-state index contributed by atoms with van der Waals surface area (Å²) >= 11 is 0. The summed E-state index contributed by atoms with van der Waals surface area (Å²) in [6.45, 7) is 15.6. The highest BCUT2D eigenvalue weighted by Crippen LogP contribution is 2.31. The Morgan fingerprint density at radius 2 is 1.27 bits per heavy atom. The van der Waals surface area contributed by atoms with Crippen LogP contribution in [0.5, 0.6) is 0 Å². The molecule has 0 saturated heterocycles. The third-order valence-electron chi connectivity index (χ3n) is 4.01. The topological polar surface area (TPSA) is 3.24 Å². The van der Waals surface area contributed by atoms with Gasteiger partial charge in [-0.1, -0.05) is 39.0 Å². The molecule has 0 saturated carbocycles. The van der Waals surface area contributed by atoms with Gasteiger partial charge in [-0.15, -0.1) is 0 Å². The summed E-state index contributed by atoms with van der Waals surface area (Å²) in [5, 5.41) is 0. The minimum absolute atomic E-state index is 0.196. The van der Waals surface area contributed by atoms with E-state index in [0.717, 1.165) is 0 Å². The number of aryl methyl sites for hydroxylation is 2. The predicted octanol–water partition coefficient (Wildman–Crippen LogP) is 6.15. The van der Waals surface area contributed by atoms with Gasteiger partial charge in [0.05, 0.1) is 0 Å². The van der Waals surface area contributed by atoms with Crippen molar-refractivity contribution in [3.8, 4) is 0 Å². The number of nitrogens with zero attached hydrogens (tertiary/aromatic N) is 1. The Balaban J connectivity index is 2.44. The van der Waals surface area contributed by atoms with Crippen molar-refractivity contribution in [1.29, 1.82) is 0 Å². The molecule has 0 bridgehead atoms. The highest BCUT2D eigenvalue weighted by molar-refractivity contribution is 5.65. The molecular formula is C21H29N. The minimum Gasteiger partial charge on any atom is -0.339 e. The molecule has 0 spiro atoms. The first-order valence-electron chi connectivity index (χ1n) is 8.16. The Kier molecular flexibility index (Phi) is 4.65. The molecule has 0 heterocycles. The van der Waals surface area contributed by atoms with Gasteiger partial charge in [-0.3, -0.25) is 0 Å². The van der Waals surface area contributed by atoms with Crippen LogP contribution in [-0.4, -0.2) is 6.04 Å². The molecule has 22 heavy (non-hydrogen) atoms. The summed E-state index contributed by atoms with van der Waals surface area (Å²) < 4.78 is 0. The van der Waals surface area contributed by atoms with Crippen molar-refractivity contribution in [1.82, 2.24) is 0 Å². The van der Waals surface area contributed by atoms with Crippen molar-refractivity contribution in [2.75, 3.05) is 4.90 Å². The molecule has 0 aliphatic carbocycles. The van der Waals surface area contributed by atoms with Crippen molar-refractivity contribution in [3.63, 3.8) is 0 Å². The van der Waals surface area contributed by atoms with Crippen LogP contribution in [0.2, 0.25) is 0 Å². The van der Waals surface area contributed by atoms with Crippen LogP contribution < -0.4 is 4.90 Å². The molecule has 0 aromatic heterocycles. The molecule has 0 unspecified atom stereocenters. The summed E-state index contributed by atoms with van der Waals surface area (Å²) in [7, 11) is 0. The second-order valence-corrected chi connectivity index (χ2v) is 7.61. The van der Waals surface area contributed by atoms with Gasteiger partial charge in [0.15, 0.2) is 0 Å². The first-order chi connectivity index (χ1) is 10.2. The van der Waals surface area contributed by atoms with E-state index in [1.807, 2.05) is 0 Å². The maximum Gasteiger partial charge on any atom is 0.0418 e. The van der Waals surface area contributed by atoms with Crippen molar-refractivity contribution in [2.45, 2.75) is 59.9 Å². The van der Waals surface area contributed by atoms with E-state index in [4.69, 9.17) is 0 Å². The lowest BCUT2D eigenvalue weighted by molar-refractivity contribution is 0.590. The number of hydrogen-bond acceptors (Lipinski definition) is 1. The number of hydrogen-bond donors (Lipinski definition) is 0. The standard InChI is InChI=1S/C21H29N/c1-15(2)22(20-13-16(3)12-17(4)14-20)19-10-8-18(9-11-19)21(5,6)7/h8-15H,1-7H3. The average Bonchev–Trinajstić information content (AvgIpc) is 2.36. The fourth-order valence-electron chi connectivity index (χ4n) is 2.96.